The van der Waals surface area contributed by atoms with Crippen LogP contribution in [-0.2, 0) is 11.2 Å². The second-order valence-electron chi connectivity index (χ2n) is 8.28. The first-order valence-electron chi connectivity index (χ1n) is 10.4. The first-order chi connectivity index (χ1) is 13.7. The summed E-state index contributed by atoms with van der Waals surface area (Å²) in [6.07, 6.45) is 4.16. The third-order valence-corrected chi connectivity index (χ3v) is 6.08. The molecule has 28 heavy (non-hydrogen) atoms. The fourth-order valence-electron chi connectivity index (χ4n) is 4.34. The molecule has 1 saturated carbocycles. The van der Waals surface area contributed by atoms with E-state index in [4.69, 9.17) is 9.84 Å². The summed E-state index contributed by atoms with van der Waals surface area (Å²) in [7, 11) is 0. The van der Waals surface area contributed by atoms with Gasteiger partial charge in [0, 0.05) is 19.6 Å². The van der Waals surface area contributed by atoms with Crippen molar-refractivity contribution in [3.8, 4) is 5.75 Å². The van der Waals surface area contributed by atoms with Crippen LogP contribution >= 0.6 is 0 Å². The molecule has 2 aromatic carbocycles. The molecule has 0 radical (unpaired) electrons. The molecule has 1 saturated heterocycles. The maximum atomic E-state index is 10.7. The van der Waals surface area contributed by atoms with Gasteiger partial charge in [0.2, 0.25) is 0 Å². The molecular formula is C24H29NO3. The van der Waals surface area contributed by atoms with Crippen LogP contribution in [0.3, 0.4) is 0 Å². The Morgan fingerprint density at radius 1 is 1.04 bits per heavy atom. The van der Waals surface area contributed by atoms with Gasteiger partial charge in [0.15, 0.2) is 0 Å². The van der Waals surface area contributed by atoms with E-state index in [0.29, 0.717) is 6.61 Å². The van der Waals surface area contributed by atoms with Gasteiger partial charge in [0.25, 0.3) is 0 Å². The highest BCUT2D eigenvalue weighted by Crippen LogP contribution is 2.50. The second kappa shape index (κ2) is 8.78. The first kappa shape index (κ1) is 19.0. The second-order valence-corrected chi connectivity index (χ2v) is 8.28. The number of rotatable bonds is 10. The zero-order valence-corrected chi connectivity index (χ0v) is 16.3. The SMILES string of the molecule is O=C(O)Cc1ccc(OCCN2CC(CC[C@@H]3C[C@H]3c3ccccc3)C2)cc1. The Hall–Kier alpha value is -2.33. The number of likely N-dealkylation sites (tertiary alicyclic amines) is 1. The lowest BCUT2D eigenvalue weighted by molar-refractivity contribution is -0.136. The van der Waals surface area contributed by atoms with Crippen LogP contribution in [0.5, 0.6) is 5.75 Å². The number of nitrogens with zero attached hydrogens (tertiary/aromatic N) is 1. The van der Waals surface area contributed by atoms with Crippen molar-refractivity contribution >= 4 is 5.97 Å². The number of hydrogen-bond donors (Lipinski definition) is 1. The average molecular weight is 380 g/mol. The van der Waals surface area contributed by atoms with Crippen LogP contribution in [0.4, 0.5) is 0 Å². The Kier molecular flexibility index (Phi) is 5.96. The molecule has 0 amide bonds. The predicted octanol–water partition coefficient (Wildman–Crippen LogP) is 4.21. The molecule has 0 aromatic heterocycles. The van der Waals surface area contributed by atoms with Crippen molar-refractivity contribution in [2.24, 2.45) is 11.8 Å². The van der Waals surface area contributed by atoms with Gasteiger partial charge in [-0.15, -0.1) is 0 Å². The zero-order valence-electron chi connectivity index (χ0n) is 16.3. The van der Waals surface area contributed by atoms with Gasteiger partial charge in [-0.2, -0.15) is 0 Å². The van der Waals surface area contributed by atoms with Crippen molar-refractivity contribution in [3.05, 3.63) is 65.7 Å². The lowest BCUT2D eigenvalue weighted by Gasteiger charge is -2.39. The van der Waals surface area contributed by atoms with E-state index >= 15 is 0 Å². The summed E-state index contributed by atoms with van der Waals surface area (Å²) in [6, 6.07) is 18.3. The zero-order chi connectivity index (χ0) is 19.3. The summed E-state index contributed by atoms with van der Waals surface area (Å²) in [6.45, 7) is 4.04. The maximum Gasteiger partial charge on any atom is 0.307 e. The van der Waals surface area contributed by atoms with Crippen molar-refractivity contribution in [2.45, 2.75) is 31.6 Å². The van der Waals surface area contributed by atoms with Crippen molar-refractivity contribution in [3.63, 3.8) is 0 Å². The molecule has 0 unspecified atom stereocenters. The van der Waals surface area contributed by atoms with Crippen LogP contribution in [0, 0.1) is 11.8 Å². The van der Waals surface area contributed by atoms with E-state index in [1.807, 2.05) is 24.3 Å². The molecule has 148 valence electrons. The fourth-order valence-corrected chi connectivity index (χ4v) is 4.34. The third kappa shape index (κ3) is 5.14. The Balaban J connectivity index is 1.07. The molecule has 1 heterocycles. The van der Waals surface area contributed by atoms with Crippen LogP contribution in [0.25, 0.3) is 0 Å². The molecule has 1 N–H and O–H groups in total. The lowest BCUT2D eigenvalue weighted by atomic mass is 9.93. The van der Waals surface area contributed by atoms with E-state index in [2.05, 4.69) is 35.2 Å². The summed E-state index contributed by atoms with van der Waals surface area (Å²) in [5.74, 6) is 2.58. The minimum Gasteiger partial charge on any atom is -0.492 e. The van der Waals surface area contributed by atoms with Gasteiger partial charge in [0.05, 0.1) is 6.42 Å². The van der Waals surface area contributed by atoms with Crippen molar-refractivity contribution in [1.82, 2.24) is 4.90 Å². The van der Waals surface area contributed by atoms with Gasteiger partial charge in [-0.05, 0) is 60.3 Å². The minimum atomic E-state index is -0.807. The highest BCUT2D eigenvalue weighted by Gasteiger charge is 2.38. The summed E-state index contributed by atoms with van der Waals surface area (Å²) in [4.78, 5) is 13.2. The molecule has 0 bridgehead atoms. The normalized spacial score (nSPS) is 21.9. The van der Waals surface area contributed by atoms with Crippen molar-refractivity contribution < 1.29 is 14.6 Å². The summed E-state index contributed by atoms with van der Waals surface area (Å²) in [5, 5.41) is 8.79. The van der Waals surface area contributed by atoms with Gasteiger partial charge in [-0.1, -0.05) is 42.5 Å². The number of ether oxygens (including phenoxy) is 1. The van der Waals surface area contributed by atoms with Crippen LogP contribution in [0.15, 0.2) is 54.6 Å². The van der Waals surface area contributed by atoms with Crippen LogP contribution in [-0.4, -0.2) is 42.2 Å². The van der Waals surface area contributed by atoms with E-state index in [1.165, 1.54) is 37.9 Å². The highest BCUT2D eigenvalue weighted by atomic mass is 16.5. The molecule has 1 aliphatic heterocycles. The monoisotopic (exact) mass is 379 g/mol. The smallest absolute Gasteiger partial charge is 0.307 e. The molecule has 4 rings (SSSR count). The van der Waals surface area contributed by atoms with Crippen molar-refractivity contribution in [2.75, 3.05) is 26.2 Å². The van der Waals surface area contributed by atoms with E-state index in [1.54, 1.807) is 0 Å². The number of carbonyl (C=O) groups is 1. The molecule has 2 fully saturated rings. The lowest BCUT2D eigenvalue weighted by Crippen LogP contribution is -2.48. The number of carboxylic acid groups (broad SMARTS) is 1. The topological polar surface area (TPSA) is 49.8 Å². The Morgan fingerprint density at radius 3 is 2.50 bits per heavy atom. The number of hydrogen-bond acceptors (Lipinski definition) is 3. The van der Waals surface area contributed by atoms with E-state index in [-0.39, 0.29) is 6.42 Å². The Labute approximate surface area is 167 Å². The summed E-state index contributed by atoms with van der Waals surface area (Å²) >= 11 is 0. The number of carboxylic acids is 1. The fraction of sp³-hybridized carbons (Fsp3) is 0.458. The number of aliphatic carboxylic acids is 1. The molecule has 4 nitrogen and oxygen atoms in total. The van der Waals surface area contributed by atoms with Crippen LogP contribution < -0.4 is 4.74 Å². The van der Waals surface area contributed by atoms with Gasteiger partial charge in [-0.25, -0.2) is 0 Å². The molecule has 4 heteroatoms. The minimum absolute atomic E-state index is 0.0579. The maximum absolute atomic E-state index is 10.7. The standard InChI is InChI=1S/C24H29NO3/c26-24(27)14-18-7-10-22(11-8-18)28-13-12-25-16-19(17-25)6-9-21-15-23(21)20-4-2-1-3-5-20/h1-5,7-8,10-11,19,21,23H,6,9,12-17H2,(H,26,27)/t21-,23+/m1/s1. The van der Waals surface area contributed by atoms with Crippen LogP contribution in [0.2, 0.25) is 0 Å². The third-order valence-electron chi connectivity index (χ3n) is 6.08. The van der Waals surface area contributed by atoms with Crippen molar-refractivity contribution in [1.29, 1.82) is 0 Å². The summed E-state index contributed by atoms with van der Waals surface area (Å²) < 4.78 is 5.79. The molecule has 1 aliphatic carbocycles. The molecule has 0 spiro atoms. The Bertz CT molecular complexity index is 768. The average Bonchev–Trinajstić information content (AvgIpc) is 3.44. The quantitative estimate of drug-likeness (QED) is 0.672. The number of benzene rings is 2. The summed E-state index contributed by atoms with van der Waals surface area (Å²) in [5.41, 5.74) is 2.33. The van der Waals surface area contributed by atoms with Crippen LogP contribution in [0.1, 0.15) is 36.3 Å². The van der Waals surface area contributed by atoms with Gasteiger partial charge in [-0.3, -0.25) is 9.69 Å². The van der Waals surface area contributed by atoms with Gasteiger partial charge >= 0.3 is 5.97 Å². The molecular weight excluding hydrogens is 350 g/mol. The highest BCUT2D eigenvalue weighted by molar-refractivity contribution is 5.70. The van der Waals surface area contributed by atoms with Gasteiger partial charge in [0.1, 0.15) is 12.4 Å². The molecule has 2 aromatic rings. The molecule has 2 aliphatic rings. The largest absolute Gasteiger partial charge is 0.492 e. The van der Waals surface area contributed by atoms with Gasteiger partial charge < -0.3 is 9.84 Å². The van der Waals surface area contributed by atoms with E-state index < -0.39 is 5.97 Å². The van der Waals surface area contributed by atoms with E-state index in [0.717, 1.165) is 35.6 Å². The first-order valence-corrected chi connectivity index (χ1v) is 10.4. The molecule has 2 atom stereocenters. The van der Waals surface area contributed by atoms with E-state index in [9.17, 15) is 4.79 Å². The predicted molar refractivity (Wildman–Crippen MR) is 110 cm³/mol. The Morgan fingerprint density at radius 2 is 1.79 bits per heavy atom.